The van der Waals surface area contributed by atoms with Gasteiger partial charge in [0.2, 0.25) is 15.9 Å². The summed E-state index contributed by atoms with van der Waals surface area (Å²) in [5.41, 5.74) is 2.24. The third-order valence-electron chi connectivity index (χ3n) is 3.53. The molecule has 1 amide bonds. The molecule has 0 aliphatic carbocycles. The summed E-state index contributed by atoms with van der Waals surface area (Å²) in [6, 6.07) is 9.82. The van der Waals surface area contributed by atoms with E-state index in [-0.39, 0.29) is 5.91 Å². The van der Waals surface area contributed by atoms with E-state index in [1.807, 2.05) is 19.1 Å². The van der Waals surface area contributed by atoms with E-state index in [0.29, 0.717) is 12.2 Å². The van der Waals surface area contributed by atoms with Crippen molar-refractivity contribution in [2.45, 2.75) is 26.4 Å². The molecule has 6 nitrogen and oxygen atoms in total. The molecule has 1 atom stereocenters. The second kappa shape index (κ2) is 7.44. The molecule has 2 rings (SSSR count). The Morgan fingerprint density at radius 1 is 1.29 bits per heavy atom. The summed E-state index contributed by atoms with van der Waals surface area (Å²) < 4.78 is 25.5. The van der Waals surface area contributed by atoms with E-state index in [2.05, 4.69) is 10.3 Å². The topological polar surface area (TPSA) is 79.4 Å². The van der Waals surface area contributed by atoms with Crippen LogP contribution in [0.5, 0.6) is 0 Å². The van der Waals surface area contributed by atoms with Crippen LogP contribution in [0.1, 0.15) is 18.1 Å². The van der Waals surface area contributed by atoms with Gasteiger partial charge < -0.3 is 5.32 Å². The molecule has 1 heterocycles. The highest BCUT2D eigenvalue weighted by atomic mass is 32.2. The Morgan fingerprint density at radius 3 is 2.62 bits per heavy atom. The van der Waals surface area contributed by atoms with E-state index in [4.69, 9.17) is 0 Å². The van der Waals surface area contributed by atoms with Crippen molar-refractivity contribution in [2.24, 2.45) is 0 Å². The van der Waals surface area contributed by atoms with Crippen molar-refractivity contribution in [2.75, 3.05) is 10.6 Å². The first-order chi connectivity index (χ1) is 11.3. The number of aromatic nitrogens is 1. The Bertz CT molecular complexity index is 807. The smallest absolute Gasteiger partial charge is 0.243 e. The van der Waals surface area contributed by atoms with Crippen LogP contribution in [0.15, 0.2) is 48.8 Å². The Hall–Kier alpha value is -2.41. The van der Waals surface area contributed by atoms with Crippen molar-refractivity contribution in [3.8, 4) is 0 Å². The average Bonchev–Trinajstić information content (AvgIpc) is 2.52. The molecule has 1 aromatic carbocycles. The fraction of sp³-hybridized carbons (Fsp3) is 0.294. The second-order valence-corrected chi connectivity index (χ2v) is 7.51. The second-order valence-electron chi connectivity index (χ2n) is 5.65. The minimum absolute atomic E-state index is 0.294. The number of rotatable bonds is 6. The van der Waals surface area contributed by atoms with Crippen molar-refractivity contribution < 1.29 is 13.2 Å². The van der Waals surface area contributed by atoms with Crippen molar-refractivity contribution in [3.05, 3.63) is 59.9 Å². The molecule has 0 bridgehead atoms. The Balaban J connectivity index is 2.19. The van der Waals surface area contributed by atoms with Crippen molar-refractivity contribution >= 4 is 21.6 Å². The number of sulfonamides is 1. The summed E-state index contributed by atoms with van der Waals surface area (Å²) in [6.07, 6.45) is 4.40. The molecule has 2 aromatic rings. The van der Waals surface area contributed by atoms with Crippen LogP contribution in [0.2, 0.25) is 0 Å². The highest BCUT2D eigenvalue weighted by Gasteiger charge is 2.28. The minimum Gasteiger partial charge on any atom is -0.350 e. The molecular weight excluding hydrogens is 326 g/mol. The van der Waals surface area contributed by atoms with E-state index in [1.54, 1.807) is 43.6 Å². The SMILES string of the molecule is Cc1cccc(N([C@H](C)C(=O)NCc2cccnc2)S(C)(=O)=O)c1. The molecular formula is C17H21N3O3S. The molecule has 1 N–H and O–H groups in total. The van der Waals surface area contributed by atoms with E-state index in [1.165, 1.54) is 0 Å². The predicted molar refractivity (Wildman–Crippen MR) is 94.0 cm³/mol. The highest BCUT2D eigenvalue weighted by Crippen LogP contribution is 2.21. The molecule has 0 unspecified atom stereocenters. The molecule has 0 spiro atoms. The molecule has 0 saturated heterocycles. The maximum atomic E-state index is 12.4. The normalized spacial score (nSPS) is 12.5. The number of aryl methyl sites for hydroxylation is 1. The summed E-state index contributed by atoms with van der Waals surface area (Å²) >= 11 is 0. The third-order valence-corrected chi connectivity index (χ3v) is 4.78. The maximum absolute atomic E-state index is 12.4. The summed E-state index contributed by atoms with van der Waals surface area (Å²) in [4.78, 5) is 16.4. The number of amides is 1. The van der Waals surface area contributed by atoms with E-state index in [9.17, 15) is 13.2 Å². The molecule has 0 aliphatic heterocycles. The van der Waals surface area contributed by atoms with Crippen LogP contribution in [-0.2, 0) is 21.4 Å². The number of hydrogen-bond acceptors (Lipinski definition) is 4. The summed E-state index contributed by atoms with van der Waals surface area (Å²) in [5, 5.41) is 2.75. The monoisotopic (exact) mass is 347 g/mol. The molecule has 7 heteroatoms. The zero-order chi connectivity index (χ0) is 17.7. The molecule has 0 aliphatic rings. The van der Waals surface area contributed by atoms with Gasteiger partial charge in [-0.15, -0.1) is 0 Å². The zero-order valence-corrected chi connectivity index (χ0v) is 14.7. The molecule has 0 saturated carbocycles. The first-order valence-electron chi connectivity index (χ1n) is 7.51. The van der Waals surface area contributed by atoms with Crippen molar-refractivity contribution in [1.29, 1.82) is 0 Å². The van der Waals surface area contributed by atoms with Gasteiger partial charge >= 0.3 is 0 Å². The fourth-order valence-corrected chi connectivity index (χ4v) is 3.58. The first kappa shape index (κ1) is 17.9. The summed E-state index contributed by atoms with van der Waals surface area (Å²) in [5.74, 6) is -0.370. The van der Waals surface area contributed by atoms with Gasteiger partial charge in [-0.3, -0.25) is 14.1 Å². The van der Waals surface area contributed by atoms with Gasteiger partial charge in [0.15, 0.2) is 0 Å². The average molecular weight is 347 g/mol. The van der Waals surface area contributed by atoms with Gasteiger partial charge in [0.25, 0.3) is 0 Å². The van der Waals surface area contributed by atoms with Gasteiger partial charge in [-0.05, 0) is 43.2 Å². The van der Waals surface area contributed by atoms with Gasteiger partial charge in [-0.2, -0.15) is 0 Å². The molecule has 0 fully saturated rings. The molecule has 128 valence electrons. The van der Waals surface area contributed by atoms with E-state index < -0.39 is 16.1 Å². The lowest BCUT2D eigenvalue weighted by Gasteiger charge is -2.28. The Kier molecular flexibility index (Phi) is 5.56. The predicted octanol–water partition coefficient (Wildman–Crippen LogP) is 1.86. The summed E-state index contributed by atoms with van der Waals surface area (Å²) in [6.45, 7) is 3.74. The van der Waals surface area contributed by atoms with Crippen LogP contribution >= 0.6 is 0 Å². The maximum Gasteiger partial charge on any atom is 0.243 e. The van der Waals surface area contributed by atoms with Crippen LogP contribution in [0.4, 0.5) is 5.69 Å². The van der Waals surface area contributed by atoms with Crippen molar-refractivity contribution in [1.82, 2.24) is 10.3 Å². The van der Waals surface area contributed by atoms with E-state index >= 15 is 0 Å². The van der Waals surface area contributed by atoms with E-state index in [0.717, 1.165) is 21.7 Å². The number of pyridine rings is 1. The van der Waals surface area contributed by atoms with Gasteiger partial charge in [0, 0.05) is 18.9 Å². The minimum atomic E-state index is -3.60. The number of carbonyl (C=O) groups is 1. The Labute approximate surface area is 142 Å². The van der Waals surface area contributed by atoms with Crippen LogP contribution in [0.25, 0.3) is 0 Å². The van der Waals surface area contributed by atoms with Crippen LogP contribution < -0.4 is 9.62 Å². The highest BCUT2D eigenvalue weighted by molar-refractivity contribution is 7.92. The van der Waals surface area contributed by atoms with Gasteiger partial charge in [-0.25, -0.2) is 8.42 Å². The number of nitrogens with zero attached hydrogens (tertiary/aromatic N) is 2. The fourth-order valence-electron chi connectivity index (χ4n) is 2.41. The van der Waals surface area contributed by atoms with Crippen LogP contribution in [-0.4, -0.2) is 31.6 Å². The number of hydrogen-bond donors (Lipinski definition) is 1. The number of benzene rings is 1. The number of anilines is 1. The van der Waals surface area contributed by atoms with Gasteiger partial charge in [0.1, 0.15) is 6.04 Å². The third kappa shape index (κ3) is 4.55. The lowest BCUT2D eigenvalue weighted by Crippen LogP contribution is -2.47. The van der Waals surface area contributed by atoms with Gasteiger partial charge in [-0.1, -0.05) is 18.2 Å². The quantitative estimate of drug-likeness (QED) is 0.865. The summed E-state index contributed by atoms with van der Waals surface area (Å²) in [7, 11) is -3.60. The first-order valence-corrected chi connectivity index (χ1v) is 9.36. The number of nitrogens with one attached hydrogen (secondary N) is 1. The van der Waals surface area contributed by atoms with Gasteiger partial charge in [0.05, 0.1) is 11.9 Å². The standard InChI is InChI=1S/C17H21N3O3S/c1-13-6-4-8-16(10-13)20(24(3,22)23)14(2)17(21)19-12-15-7-5-9-18-11-15/h4-11,14H,12H2,1-3H3,(H,19,21)/t14-/m1/s1. The van der Waals surface area contributed by atoms with Crippen LogP contribution in [0, 0.1) is 6.92 Å². The Morgan fingerprint density at radius 2 is 2.04 bits per heavy atom. The number of carbonyl (C=O) groups excluding carboxylic acids is 1. The zero-order valence-electron chi connectivity index (χ0n) is 13.9. The lowest BCUT2D eigenvalue weighted by molar-refractivity contribution is -0.122. The van der Waals surface area contributed by atoms with Crippen molar-refractivity contribution in [3.63, 3.8) is 0 Å². The largest absolute Gasteiger partial charge is 0.350 e. The molecule has 1 aromatic heterocycles. The lowest BCUT2D eigenvalue weighted by atomic mass is 10.2. The van der Waals surface area contributed by atoms with Crippen LogP contribution in [0.3, 0.4) is 0 Å². The molecule has 24 heavy (non-hydrogen) atoms. The molecule has 0 radical (unpaired) electrons.